The molecule has 0 aromatic heterocycles. The summed E-state index contributed by atoms with van der Waals surface area (Å²) in [6.45, 7) is -0.153. The lowest BCUT2D eigenvalue weighted by atomic mass is 10.1. The minimum Gasteiger partial charge on any atom is -0.465 e. The number of methoxy groups -OCH3 is 1. The Morgan fingerprint density at radius 2 is 1.81 bits per heavy atom. The van der Waals surface area contributed by atoms with E-state index >= 15 is 0 Å². The van der Waals surface area contributed by atoms with Crippen LogP contribution in [0.5, 0.6) is 0 Å². The number of anilines is 1. The molecule has 0 atom stereocenters. The van der Waals surface area contributed by atoms with Gasteiger partial charge in [0.2, 0.25) is 5.91 Å². The number of carbonyl (C=O) groups excluding carboxylic acids is 2. The fourth-order valence-electron chi connectivity index (χ4n) is 2.57. The predicted molar refractivity (Wildman–Crippen MR) is 94.2 cm³/mol. The molecule has 0 aliphatic carbocycles. The number of nitrogens with one attached hydrogen (secondary N) is 1. The second kappa shape index (κ2) is 8.68. The van der Waals surface area contributed by atoms with Crippen LogP contribution in [-0.4, -0.2) is 37.5 Å². The van der Waals surface area contributed by atoms with Crippen molar-refractivity contribution in [1.29, 1.82) is 0 Å². The van der Waals surface area contributed by atoms with E-state index < -0.39 is 23.6 Å². The number of ether oxygens (including phenoxy) is 1. The summed E-state index contributed by atoms with van der Waals surface area (Å²) in [5.74, 6) is -0.948. The van der Waals surface area contributed by atoms with Crippen LogP contribution in [-0.2, 0) is 22.3 Å². The number of amides is 1. The number of halogens is 3. The van der Waals surface area contributed by atoms with Crippen molar-refractivity contribution in [2.24, 2.45) is 0 Å². The van der Waals surface area contributed by atoms with Crippen LogP contribution in [0.2, 0.25) is 0 Å². The molecule has 27 heavy (non-hydrogen) atoms. The van der Waals surface area contributed by atoms with Crippen LogP contribution in [0.3, 0.4) is 0 Å². The summed E-state index contributed by atoms with van der Waals surface area (Å²) in [6.07, 6.45) is -4.45. The Labute approximate surface area is 154 Å². The topological polar surface area (TPSA) is 58.6 Å². The molecule has 0 saturated heterocycles. The van der Waals surface area contributed by atoms with Gasteiger partial charge in [-0.1, -0.05) is 24.3 Å². The smallest absolute Gasteiger partial charge is 0.416 e. The zero-order valence-electron chi connectivity index (χ0n) is 14.8. The lowest BCUT2D eigenvalue weighted by Crippen LogP contribution is -2.30. The quantitative estimate of drug-likeness (QED) is 0.779. The van der Waals surface area contributed by atoms with E-state index in [0.29, 0.717) is 5.69 Å². The summed E-state index contributed by atoms with van der Waals surface area (Å²) in [6, 6.07) is 11.4. The highest BCUT2D eigenvalue weighted by Crippen LogP contribution is 2.32. The number of hydrogen-bond donors (Lipinski definition) is 1. The predicted octanol–water partition coefficient (Wildman–Crippen LogP) is 3.56. The number of benzene rings is 2. The minimum absolute atomic E-state index is 0.0364. The molecule has 2 aromatic carbocycles. The number of hydrogen-bond acceptors (Lipinski definition) is 4. The Morgan fingerprint density at radius 1 is 1.11 bits per heavy atom. The van der Waals surface area contributed by atoms with Crippen LogP contribution in [0.4, 0.5) is 18.9 Å². The number of carbonyl (C=O) groups is 2. The standard InChI is InChI=1S/C19H19F3N2O3/c1-24(11-14-6-3-4-9-16(14)19(20,21)22)12-17(25)23-15-8-5-7-13(10-15)18(26)27-2/h3-10H,11-12H2,1-2H3,(H,23,25). The van der Waals surface area contributed by atoms with Gasteiger partial charge in [-0.2, -0.15) is 13.2 Å². The monoisotopic (exact) mass is 380 g/mol. The van der Waals surface area contributed by atoms with Crippen molar-refractivity contribution < 1.29 is 27.5 Å². The van der Waals surface area contributed by atoms with Crippen molar-refractivity contribution in [3.8, 4) is 0 Å². The molecular formula is C19H19F3N2O3. The van der Waals surface area contributed by atoms with Crippen LogP contribution in [0.25, 0.3) is 0 Å². The van der Waals surface area contributed by atoms with Crippen LogP contribution in [0, 0.1) is 0 Å². The maximum Gasteiger partial charge on any atom is 0.416 e. The van der Waals surface area contributed by atoms with E-state index in [0.717, 1.165) is 6.07 Å². The third kappa shape index (κ3) is 5.82. The van der Waals surface area contributed by atoms with Crippen molar-refractivity contribution in [2.45, 2.75) is 12.7 Å². The van der Waals surface area contributed by atoms with Gasteiger partial charge in [0.25, 0.3) is 0 Å². The molecule has 0 aliphatic rings. The van der Waals surface area contributed by atoms with E-state index in [2.05, 4.69) is 10.1 Å². The molecule has 0 heterocycles. The number of rotatable bonds is 6. The van der Waals surface area contributed by atoms with Gasteiger partial charge in [0, 0.05) is 12.2 Å². The molecular weight excluding hydrogens is 361 g/mol. The summed E-state index contributed by atoms with van der Waals surface area (Å²) in [5, 5.41) is 2.61. The first kappa shape index (κ1) is 20.4. The van der Waals surface area contributed by atoms with E-state index in [1.165, 1.54) is 36.3 Å². The van der Waals surface area contributed by atoms with Crippen molar-refractivity contribution in [1.82, 2.24) is 4.90 Å². The van der Waals surface area contributed by atoms with Gasteiger partial charge in [-0.3, -0.25) is 9.69 Å². The molecule has 0 bridgehead atoms. The summed E-state index contributed by atoms with van der Waals surface area (Å²) in [7, 11) is 2.80. The summed E-state index contributed by atoms with van der Waals surface area (Å²) in [5.41, 5.74) is 0.0470. The largest absolute Gasteiger partial charge is 0.465 e. The lowest BCUT2D eigenvalue weighted by molar-refractivity contribution is -0.138. The second-order valence-corrected chi connectivity index (χ2v) is 5.95. The van der Waals surface area contributed by atoms with Gasteiger partial charge in [-0.15, -0.1) is 0 Å². The molecule has 0 unspecified atom stereocenters. The zero-order valence-corrected chi connectivity index (χ0v) is 14.8. The maximum atomic E-state index is 13.0. The number of nitrogens with zero attached hydrogens (tertiary/aromatic N) is 1. The highest BCUT2D eigenvalue weighted by molar-refractivity contribution is 5.95. The van der Waals surface area contributed by atoms with Crippen LogP contribution < -0.4 is 5.32 Å². The number of esters is 1. The van der Waals surface area contributed by atoms with Crippen LogP contribution in [0.1, 0.15) is 21.5 Å². The summed E-state index contributed by atoms with van der Waals surface area (Å²) >= 11 is 0. The molecule has 5 nitrogen and oxygen atoms in total. The average Bonchev–Trinajstić information content (AvgIpc) is 2.60. The van der Waals surface area contributed by atoms with Crippen molar-refractivity contribution >= 4 is 17.6 Å². The molecule has 2 rings (SSSR count). The Morgan fingerprint density at radius 3 is 2.48 bits per heavy atom. The molecule has 0 radical (unpaired) electrons. The Hall–Kier alpha value is -2.87. The van der Waals surface area contributed by atoms with Gasteiger partial charge in [-0.25, -0.2) is 4.79 Å². The normalized spacial score (nSPS) is 11.3. The van der Waals surface area contributed by atoms with Crippen molar-refractivity contribution in [3.05, 3.63) is 65.2 Å². The van der Waals surface area contributed by atoms with E-state index in [4.69, 9.17) is 0 Å². The summed E-state index contributed by atoms with van der Waals surface area (Å²) in [4.78, 5) is 25.1. The van der Waals surface area contributed by atoms with Gasteiger partial charge < -0.3 is 10.1 Å². The molecule has 0 fully saturated rings. The van der Waals surface area contributed by atoms with Crippen LogP contribution >= 0.6 is 0 Å². The molecule has 8 heteroatoms. The van der Waals surface area contributed by atoms with Gasteiger partial charge >= 0.3 is 12.1 Å². The molecule has 0 spiro atoms. The second-order valence-electron chi connectivity index (χ2n) is 5.95. The van der Waals surface area contributed by atoms with E-state index in [1.807, 2.05) is 0 Å². The molecule has 1 amide bonds. The van der Waals surface area contributed by atoms with E-state index in [1.54, 1.807) is 25.2 Å². The van der Waals surface area contributed by atoms with E-state index in [9.17, 15) is 22.8 Å². The first-order valence-electron chi connectivity index (χ1n) is 8.02. The molecule has 2 aromatic rings. The first-order valence-corrected chi connectivity index (χ1v) is 8.02. The maximum absolute atomic E-state index is 13.0. The zero-order chi connectivity index (χ0) is 20.0. The average molecular weight is 380 g/mol. The van der Waals surface area contributed by atoms with Gasteiger partial charge in [0.15, 0.2) is 0 Å². The third-order valence-corrected chi connectivity index (χ3v) is 3.74. The Bertz CT molecular complexity index is 822. The van der Waals surface area contributed by atoms with Gasteiger partial charge in [0.1, 0.15) is 0 Å². The number of alkyl halides is 3. The third-order valence-electron chi connectivity index (χ3n) is 3.74. The Balaban J connectivity index is 2.00. The van der Waals surface area contributed by atoms with Gasteiger partial charge in [-0.05, 0) is 36.9 Å². The molecule has 0 aliphatic heterocycles. The first-order chi connectivity index (χ1) is 12.7. The SMILES string of the molecule is COC(=O)c1cccc(NC(=O)CN(C)Cc2ccccc2C(F)(F)F)c1. The molecule has 144 valence electrons. The highest BCUT2D eigenvalue weighted by atomic mass is 19.4. The van der Waals surface area contributed by atoms with Crippen molar-refractivity contribution in [2.75, 3.05) is 26.0 Å². The van der Waals surface area contributed by atoms with Crippen molar-refractivity contribution in [3.63, 3.8) is 0 Å². The van der Waals surface area contributed by atoms with E-state index in [-0.39, 0.29) is 24.2 Å². The lowest BCUT2D eigenvalue weighted by Gasteiger charge is -2.19. The molecule has 1 N–H and O–H groups in total. The minimum atomic E-state index is -4.45. The molecule has 0 saturated carbocycles. The fourth-order valence-corrected chi connectivity index (χ4v) is 2.57. The fraction of sp³-hybridized carbons (Fsp3) is 0.263. The summed E-state index contributed by atoms with van der Waals surface area (Å²) < 4.78 is 43.8. The number of likely N-dealkylation sites (N-methyl/N-ethyl adjacent to an activating group) is 1. The highest BCUT2D eigenvalue weighted by Gasteiger charge is 2.33. The van der Waals surface area contributed by atoms with Gasteiger partial charge in [0.05, 0.1) is 24.8 Å². The Kier molecular flexibility index (Phi) is 6.57. The van der Waals surface area contributed by atoms with Crippen LogP contribution in [0.15, 0.2) is 48.5 Å².